The molecule has 3 heterocycles. The fraction of sp³-hybridized carbons (Fsp3) is 0.136. The van der Waals surface area contributed by atoms with Crippen LogP contribution in [0.5, 0.6) is 0 Å². The summed E-state index contributed by atoms with van der Waals surface area (Å²) in [6.45, 7) is 0.342. The van der Waals surface area contributed by atoms with Crippen LogP contribution in [0, 0.1) is 0 Å². The number of benzene rings is 1. The van der Waals surface area contributed by atoms with Gasteiger partial charge in [-0.15, -0.1) is 11.3 Å². The molecule has 3 aromatic heterocycles. The molecule has 0 aliphatic rings. The number of hydrogen-bond donors (Lipinski definition) is 3. The van der Waals surface area contributed by atoms with Crippen LogP contribution in [0.15, 0.2) is 60.2 Å². The quantitative estimate of drug-likeness (QED) is 0.312. The van der Waals surface area contributed by atoms with E-state index < -0.39 is 0 Å². The number of carbonyl (C=O) groups is 2. The number of aromatic nitrogens is 3. The minimum absolute atomic E-state index is 0.0862. The molecule has 0 unspecified atom stereocenters. The molecule has 4 aromatic rings. The summed E-state index contributed by atoms with van der Waals surface area (Å²) in [6.07, 6.45) is 5.14. The maximum absolute atomic E-state index is 12.3. The van der Waals surface area contributed by atoms with Gasteiger partial charge < -0.3 is 16.2 Å². The number of amides is 1. The van der Waals surface area contributed by atoms with Crippen molar-refractivity contribution >= 4 is 39.8 Å². The van der Waals surface area contributed by atoms with Crippen molar-refractivity contribution < 1.29 is 14.7 Å². The lowest BCUT2D eigenvalue weighted by molar-refractivity contribution is -0.122. The molecule has 31 heavy (non-hydrogen) atoms. The van der Waals surface area contributed by atoms with Gasteiger partial charge in [-0.25, -0.2) is 4.98 Å². The maximum atomic E-state index is 12.3. The molecule has 8 nitrogen and oxygen atoms in total. The summed E-state index contributed by atoms with van der Waals surface area (Å²) >= 11 is 1.44. The van der Waals surface area contributed by atoms with Crippen LogP contribution in [0.1, 0.15) is 22.5 Å². The number of thiazole rings is 1. The fourth-order valence-electron chi connectivity index (χ4n) is 3.02. The van der Waals surface area contributed by atoms with Crippen molar-refractivity contribution in [3.05, 3.63) is 71.5 Å². The highest BCUT2D eigenvalue weighted by Gasteiger charge is 2.09. The predicted octanol–water partition coefficient (Wildman–Crippen LogP) is 3.40. The molecule has 4 rings (SSSR count). The van der Waals surface area contributed by atoms with E-state index >= 15 is 0 Å². The number of anilines is 1. The lowest BCUT2D eigenvalue weighted by atomic mass is 10.0. The molecule has 1 aromatic carbocycles. The van der Waals surface area contributed by atoms with Crippen LogP contribution in [0.3, 0.4) is 0 Å². The van der Waals surface area contributed by atoms with Crippen LogP contribution in [0.25, 0.3) is 22.2 Å². The Hall–Kier alpha value is -3.85. The van der Waals surface area contributed by atoms with Crippen molar-refractivity contribution in [2.24, 2.45) is 0 Å². The number of fused-ring (bicyclic) bond motifs is 1. The highest BCUT2D eigenvalue weighted by atomic mass is 32.1. The van der Waals surface area contributed by atoms with Crippen molar-refractivity contribution in [3.8, 4) is 11.3 Å². The number of carbonyl (C=O) groups excluding carboxylic acids is 1. The third-order valence-corrected chi connectivity index (χ3v) is 5.14. The number of nitrogens with two attached hydrogens (primary N) is 1. The van der Waals surface area contributed by atoms with E-state index in [0.29, 0.717) is 17.2 Å². The second-order valence-electron chi connectivity index (χ2n) is 6.45. The number of carboxylic acid groups (broad SMARTS) is 1. The lowest BCUT2D eigenvalue weighted by Gasteiger charge is -2.07. The van der Waals surface area contributed by atoms with Crippen molar-refractivity contribution in [1.29, 1.82) is 0 Å². The molecule has 158 valence electrons. The van der Waals surface area contributed by atoms with E-state index in [2.05, 4.69) is 20.3 Å². The zero-order valence-corrected chi connectivity index (χ0v) is 17.4. The number of rotatable bonds is 6. The average Bonchev–Trinajstić information content (AvgIpc) is 3.22. The summed E-state index contributed by atoms with van der Waals surface area (Å²) in [5, 5.41) is 13.4. The van der Waals surface area contributed by atoms with E-state index in [0.717, 1.165) is 40.7 Å². The Labute approximate surface area is 182 Å². The number of nitrogens with zero attached hydrogens (tertiary/aromatic N) is 3. The topological polar surface area (TPSA) is 131 Å². The van der Waals surface area contributed by atoms with Crippen molar-refractivity contribution in [2.45, 2.75) is 12.8 Å². The van der Waals surface area contributed by atoms with Gasteiger partial charge in [0.2, 0.25) is 0 Å². The Bertz CT molecular complexity index is 1160. The van der Waals surface area contributed by atoms with Crippen LogP contribution >= 0.6 is 11.3 Å². The molecule has 0 spiro atoms. The van der Waals surface area contributed by atoms with Gasteiger partial charge in [0.25, 0.3) is 12.4 Å². The van der Waals surface area contributed by atoms with Crippen molar-refractivity contribution in [1.82, 2.24) is 20.3 Å². The second kappa shape index (κ2) is 10.8. The highest BCUT2D eigenvalue weighted by molar-refractivity contribution is 7.13. The van der Waals surface area contributed by atoms with Gasteiger partial charge in [-0.05, 0) is 43.2 Å². The zero-order valence-electron chi connectivity index (χ0n) is 16.6. The zero-order chi connectivity index (χ0) is 22.1. The summed E-state index contributed by atoms with van der Waals surface area (Å²) in [4.78, 5) is 33.8. The summed E-state index contributed by atoms with van der Waals surface area (Å²) in [7, 11) is 0. The number of nitrogens with one attached hydrogen (secondary N) is 1. The van der Waals surface area contributed by atoms with Gasteiger partial charge in [0.15, 0.2) is 5.13 Å². The van der Waals surface area contributed by atoms with Crippen LogP contribution in [-0.4, -0.2) is 39.0 Å². The van der Waals surface area contributed by atoms with Gasteiger partial charge >= 0.3 is 0 Å². The molecule has 0 aliphatic heterocycles. The minimum Gasteiger partial charge on any atom is -0.483 e. The SMILES string of the molecule is Nc1nc(CCCNC(=O)c2ccc(-c3nccc4ncccc34)cc2)cs1.O=CO. The standard InChI is InChI=1S/C21H19N5OS.CH2O2/c22-21-26-16(13-28-21)3-1-11-25-20(27)15-7-5-14(6-8-15)19-17-4-2-10-23-18(17)9-12-24-19;2-1-3/h2,4-10,12-13H,1,3,11H2,(H2,22,26)(H,25,27);1H,(H,2,3). The van der Waals surface area contributed by atoms with Crippen molar-refractivity contribution in [2.75, 3.05) is 12.3 Å². The summed E-state index contributed by atoms with van der Waals surface area (Å²) in [5.41, 5.74) is 9.93. The highest BCUT2D eigenvalue weighted by Crippen LogP contribution is 2.25. The second-order valence-corrected chi connectivity index (χ2v) is 7.34. The summed E-state index contributed by atoms with van der Waals surface area (Å²) in [6, 6.07) is 13.3. The van der Waals surface area contributed by atoms with Gasteiger partial charge in [-0.2, -0.15) is 0 Å². The van der Waals surface area contributed by atoms with E-state index in [1.807, 2.05) is 47.8 Å². The van der Waals surface area contributed by atoms with E-state index in [-0.39, 0.29) is 12.4 Å². The fourth-order valence-corrected chi connectivity index (χ4v) is 3.62. The Morgan fingerprint density at radius 3 is 2.61 bits per heavy atom. The normalized spacial score (nSPS) is 10.2. The van der Waals surface area contributed by atoms with Crippen LogP contribution in [0.2, 0.25) is 0 Å². The molecule has 0 radical (unpaired) electrons. The Balaban J connectivity index is 0.000000858. The number of pyridine rings is 2. The van der Waals surface area contributed by atoms with Crippen molar-refractivity contribution in [3.63, 3.8) is 0 Å². The first-order chi connectivity index (χ1) is 15.1. The summed E-state index contributed by atoms with van der Waals surface area (Å²) in [5.74, 6) is -0.0862. The molecule has 0 atom stereocenters. The van der Waals surface area contributed by atoms with E-state index in [1.165, 1.54) is 11.3 Å². The van der Waals surface area contributed by atoms with E-state index in [1.54, 1.807) is 12.4 Å². The third-order valence-electron chi connectivity index (χ3n) is 4.41. The third kappa shape index (κ3) is 5.83. The van der Waals surface area contributed by atoms with Gasteiger partial charge in [-0.1, -0.05) is 12.1 Å². The number of aryl methyl sites for hydroxylation is 1. The van der Waals surface area contributed by atoms with Gasteiger partial charge in [0.1, 0.15) is 0 Å². The monoisotopic (exact) mass is 435 g/mol. The Morgan fingerprint density at radius 2 is 1.90 bits per heavy atom. The maximum Gasteiger partial charge on any atom is 0.290 e. The molecule has 0 fully saturated rings. The first-order valence-corrected chi connectivity index (χ1v) is 10.4. The first kappa shape index (κ1) is 21.8. The molecular weight excluding hydrogens is 414 g/mol. The van der Waals surface area contributed by atoms with Crippen LogP contribution in [-0.2, 0) is 11.2 Å². The van der Waals surface area contributed by atoms with Crippen LogP contribution in [0.4, 0.5) is 5.13 Å². The number of nitrogen functional groups attached to an aromatic ring is 1. The van der Waals surface area contributed by atoms with Gasteiger partial charge in [0.05, 0.1) is 16.9 Å². The largest absolute Gasteiger partial charge is 0.483 e. The van der Waals surface area contributed by atoms with Crippen LogP contribution < -0.4 is 11.1 Å². The Kier molecular flexibility index (Phi) is 7.61. The van der Waals surface area contributed by atoms with Gasteiger partial charge in [-0.3, -0.25) is 19.6 Å². The molecule has 0 saturated heterocycles. The smallest absolute Gasteiger partial charge is 0.290 e. The van der Waals surface area contributed by atoms with E-state index in [4.69, 9.17) is 15.6 Å². The molecule has 0 saturated carbocycles. The summed E-state index contributed by atoms with van der Waals surface area (Å²) < 4.78 is 0. The predicted molar refractivity (Wildman–Crippen MR) is 121 cm³/mol. The lowest BCUT2D eigenvalue weighted by Crippen LogP contribution is -2.24. The first-order valence-electron chi connectivity index (χ1n) is 9.48. The molecular formula is C22H21N5O3S. The average molecular weight is 436 g/mol. The van der Waals surface area contributed by atoms with Gasteiger partial charge in [0, 0.05) is 40.8 Å². The molecule has 0 aliphatic carbocycles. The minimum atomic E-state index is -0.250. The molecule has 0 bridgehead atoms. The molecule has 1 amide bonds. The van der Waals surface area contributed by atoms with E-state index in [9.17, 15) is 4.79 Å². The number of hydrogen-bond acceptors (Lipinski definition) is 7. The molecule has 9 heteroatoms. The molecule has 4 N–H and O–H groups in total. The Morgan fingerprint density at radius 1 is 1.13 bits per heavy atom.